The van der Waals surface area contributed by atoms with E-state index in [4.69, 9.17) is 16.3 Å². The van der Waals surface area contributed by atoms with Crippen LogP contribution in [0, 0.1) is 11.8 Å². The van der Waals surface area contributed by atoms with E-state index in [-0.39, 0.29) is 24.4 Å². The number of esters is 1. The molecule has 1 aromatic rings. The van der Waals surface area contributed by atoms with Crippen molar-refractivity contribution >= 4 is 46.8 Å². The number of nitrogens with zero attached hydrogens (tertiary/aromatic N) is 2. The summed E-state index contributed by atoms with van der Waals surface area (Å²) in [4.78, 5) is 45.6. The lowest BCUT2D eigenvalue weighted by Gasteiger charge is -2.37. The van der Waals surface area contributed by atoms with Crippen LogP contribution in [-0.4, -0.2) is 69.6 Å². The number of hydrogen-bond donors (Lipinski definition) is 1. The molecule has 1 unspecified atom stereocenters. The first kappa shape index (κ1) is 27.3. The summed E-state index contributed by atoms with van der Waals surface area (Å²) in [7, 11) is 0. The van der Waals surface area contributed by atoms with E-state index in [0.717, 1.165) is 25.7 Å². The fraction of sp³-hybridized carbons (Fsp3) is 0.552. The van der Waals surface area contributed by atoms with Crippen molar-refractivity contribution in [3.63, 3.8) is 0 Å². The van der Waals surface area contributed by atoms with Gasteiger partial charge in [-0.25, -0.2) is 0 Å². The number of likely N-dealkylation sites (tertiary alicyclic amines) is 1. The second-order valence-corrected chi connectivity index (χ2v) is 12.9. The predicted octanol–water partition coefficient (Wildman–Crippen LogP) is 4.38. The Morgan fingerprint density at radius 3 is 2.58 bits per heavy atom. The first-order chi connectivity index (χ1) is 18.3. The molecule has 4 aliphatic heterocycles. The van der Waals surface area contributed by atoms with Gasteiger partial charge in [0.25, 0.3) is 5.91 Å². The molecule has 38 heavy (non-hydrogen) atoms. The van der Waals surface area contributed by atoms with Gasteiger partial charge < -0.3 is 19.6 Å². The molecular formula is C29H35ClN2O5S. The normalized spacial score (nSPS) is 33.9. The Kier molecular flexibility index (Phi) is 7.94. The fourth-order valence-corrected chi connectivity index (χ4v) is 8.74. The Labute approximate surface area is 233 Å². The molecule has 2 amide bonds. The van der Waals surface area contributed by atoms with Crippen LogP contribution < -0.4 is 4.90 Å². The van der Waals surface area contributed by atoms with Gasteiger partial charge in [0.05, 0.1) is 23.2 Å². The maximum atomic E-state index is 14.4. The SMILES string of the molecule is C[C@@]12/C=C\CCCCOC(=O)[C@@H]1[C@H]1C(=O)N(CCCCCO)C3C(=O)N(c4ccc(Cl)cc4)CC=C[C@@]31S2. The van der Waals surface area contributed by atoms with Gasteiger partial charge in [0, 0.05) is 35.2 Å². The van der Waals surface area contributed by atoms with Crippen LogP contribution in [0.15, 0.2) is 48.6 Å². The summed E-state index contributed by atoms with van der Waals surface area (Å²) in [6.07, 6.45) is 12.8. The van der Waals surface area contributed by atoms with Crippen LogP contribution in [0.25, 0.3) is 0 Å². The van der Waals surface area contributed by atoms with Gasteiger partial charge in [-0.05, 0) is 69.7 Å². The lowest BCUT2D eigenvalue weighted by atomic mass is 9.74. The highest BCUT2D eigenvalue weighted by Gasteiger charge is 2.73. The van der Waals surface area contributed by atoms with Crippen molar-refractivity contribution in [2.75, 3.05) is 31.2 Å². The number of ether oxygens (including phenoxy) is 1. The molecule has 2 fully saturated rings. The monoisotopic (exact) mass is 558 g/mol. The van der Waals surface area contributed by atoms with Crippen LogP contribution in [-0.2, 0) is 19.1 Å². The molecule has 4 heterocycles. The van der Waals surface area contributed by atoms with Crippen LogP contribution in [0.1, 0.15) is 45.4 Å². The van der Waals surface area contributed by atoms with E-state index < -0.39 is 27.4 Å². The third-order valence-electron chi connectivity index (χ3n) is 8.20. The van der Waals surface area contributed by atoms with Gasteiger partial charge in [-0.15, -0.1) is 11.8 Å². The summed E-state index contributed by atoms with van der Waals surface area (Å²) in [6, 6.07) is 6.38. The molecule has 0 aromatic heterocycles. The topological polar surface area (TPSA) is 87.1 Å². The second kappa shape index (κ2) is 11.1. The predicted molar refractivity (Wildman–Crippen MR) is 149 cm³/mol. The summed E-state index contributed by atoms with van der Waals surface area (Å²) < 4.78 is 4.14. The number of aliphatic hydroxyl groups is 1. The molecular weight excluding hydrogens is 524 g/mol. The van der Waals surface area contributed by atoms with Crippen molar-refractivity contribution < 1.29 is 24.2 Å². The minimum absolute atomic E-state index is 0.0877. The molecule has 5 atom stereocenters. The number of unbranched alkanes of at least 4 members (excludes halogenated alkanes) is 2. The first-order valence-electron chi connectivity index (χ1n) is 13.5. The van der Waals surface area contributed by atoms with Gasteiger partial charge in [0.15, 0.2) is 0 Å². The standard InChI is InChI=1S/C29H35ClN2O5S/c1-28-14-5-2-3-8-19-37-27(36)23(28)22-25(34)32(16-6-4-7-18-33)24-26(35)31(17-9-15-29(22,24)38-28)21-12-10-20(30)11-13-21/h5,9-15,22-24,33H,2-4,6-8,16-19H2,1H3/b14-5-/t22-,23-,24?,28+,29-/m0/s1. The average molecular weight is 559 g/mol. The lowest BCUT2D eigenvalue weighted by molar-refractivity contribution is -0.154. The quantitative estimate of drug-likeness (QED) is 0.317. The summed E-state index contributed by atoms with van der Waals surface area (Å²) >= 11 is 7.68. The van der Waals surface area contributed by atoms with Crippen molar-refractivity contribution in [2.45, 2.75) is 61.0 Å². The van der Waals surface area contributed by atoms with E-state index in [9.17, 15) is 19.5 Å². The largest absolute Gasteiger partial charge is 0.465 e. The molecule has 5 rings (SSSR count). The van der Waals surface area contributed by atoms with Gasteiger partial charge in [-0.1, -0.05) is 35.9 Å². The highest BCUT2D eigenvalue weighted by Crippen LogP contribution is 2.65. The number of benzene rings is 1. The van der Waals surface area contributed by atoms with Gasteiger partial charge in [-0.2, -0.15) is 0 Å². The van der Waals surface area contributed by atoms with Crippen molar-refractivity contribution in [1.29, 1.82) is 0 Å². The van der Waals surface area contributed by atoms with E-state index in [0.29, 0.717) is 43.2 Å². The van der Waals surface area contributed by atoms with Gasteiger partial charge in [-0.3, -0.25) is 14.4 Å². The Morgan fingerprint density at radius 2 is 1.82 bits per heavy atom. The highest BCUT2D eigenvalue weighted by atomic mass is 35.5. The number of cyclic esters (lactones) is 1. The van der Waals surface area contributed by atoms with Crippen molar-refractivity contribution in [1.82, 2.24) is 4.90 Å². The number of thioether (sulfide) groups is 1. The van der Waals surface area contributed by atoms with Crippen molar-refractivity contribution in [3.8, 4) is 0 Å². The Bertz CT molecular complexity index is 1140. The fourth-order valence-electron chi connectivity index (χ4n) is 6.46. The molecule has 0 radical (unpaired) electrons. The number of rotatable bonds is 6. The molecule has 0 bridgehead atoms. The number of carbonyl (C=O) groups excluding carboxylic acids is 3. The molecule has 1 N–H and O–H groups in total. The third-order valence-corrected chi connectivity index (χ3v) is 10.2. The zero-order valence-electron chi connectivity index (χ0n) is 21.7. The van der Waals surface area contributed by atoms with Crippen LogP contribution in [0.2, 0.25) is 5.02 Å². The van der Waals surface area contributed by atoms with E-state index in [2.05, 4.69) is 12.2 Å². The van der Waals surface area contributed by atoms with Crippen LogP contribution >= 0.6 is 23.4 Å². The third kappa shape index (κ3) is 4.69. The Balaban J connectivity index is 1.59. The number of fused-ring (bicyclic) bond motifs is 2. The van der Waals surface area contributed by atoms with Gasteiger partial charge in [0.2, 0.25) is 5.91 Å². The summed E-state index contributed by atoms with van der Waals surface area (Å²) in [6.45, 7) is 3.19. The summed E-state index contributed by atoms with van der Waals surface area (Å²) in [5, 5.41) is 9.83. The molecule has 1 spiro atoms. The van der Waals surface area contributed by atoms with Gasteiger partial charge >= 0.3 is 5.97 Å². The molecule has 7 nitrogen and oxygen atoms in total. The molecule has 204 valence electrons. The Hall–Kier alpha value is -2.29. The first-order valence-corrected chi connectivity index (χ1v) is 14.7. The number of hydrogen-bond acceptors (Lipinski definition) is 6. The zero-order valence-corrected chi connectivity index (χ0v) is 23.3. The van der Waals surface area contributed by atoms with Crippen LogP contribution in [0.5, 0.6) is 0 Å². The number of amides is 2. The number of allylic oxidation sites excluding steroid dienone is 1. The van der Waals surface area contributed by atoms with Crippen LogP contribution in [0.4, 0.5) is 5.69 Å². The van der Waals surface area contributed by atoms with E-state index in [1.807, 2.05) is 31.2 Å². The number of halogens is 1. The van der Waals surface area contributed by atoms with Crippen molar-refractivity contribution in [3.05, 3.63) is 53.6 Å². The zero-order chi connectivity index (χ0) is 26.9. The molecule has 1 aromatic carbocycles. The average Bonchev–Trinajstić information content (AvgIpc) is 3.22. The van der Waals surface area contributed by atoms with Crippen LogP contribution in [0.3, 0.4) is 0 Å². The minimum atomic E-state index is -0.900. The second-order valence-electron chi connectivity index (χ2n) is 10.7. The summed E-state index contributed by atoms with van der Waals surface area (Å²) in [5.74, 6) is -2.09. The maximum Gasteiger partial charge on any atom is 0.311 e. The highest BCUT2D eigenvalue weighted by molar-refractivity contribution is 8.02. The number of aliphatic hydroxyl groups excluding tert-OH is 1. The summed E-state index contributed by atoms with van der Waals surface area (Å²) in [5.41, 5.74) is 0.713. The minimum Gasteiger partial charge on any atom is -0.465 e. The number of anilines is 1. The molecule has 0 saturated carbocycles. The molecule has 2 saturated heterocycles. The van der Waals surface area contributed by atoms with E-state index in [1.54, 1.807) is 33.7 Å². The maximum absolute atomic E-state index is 14.4. The lowest BCUT2D eigenvalue weighted by Crippen LogP contribution is -2.53. The molecule has 4 aliphatic rings. The Morgan fingerprint density at radius 1 is 1.03 bits per heavy atom. The van der Waals surface area contributed by atoms with E-state index in [1.165, 1.54) is 0 Å². The van der Waals surface area contributed by atoms with Gasteiger partial charge in [0.1, 0.15) is 6.04 Å². The molecule has 0 aliphatic carbocycles. The molecule has 9 heteroatoms. The smallest absolute Gasteiger partial charge is 0.311 e. The number of carbonyl (C=O) groups is 3. The van der Waals surface area contributed by atoms with Crippen molar-refractivity contribution in [2.24, 2.45) is 11.8 Å². The van der Waals surface area contributed by atoms with E-state index >= 15 is 0 Å².